The van der Waals surface area contributed by atoms with Crippen LogP contribution in [0.2, 0.25) is 0 Å². The van der Waals surface area contributed by atoms with Gasteiger partial charge in [0, 0.05) is 36.2 Å². The standard InChI is InChI=1S/C16H26N2O4S/c1-12-13(7-9-23(21,22)11-16(2,3)10-19)15(20)18-8-5-4-6-14(18)17-12/h19H,4-11H2,1-3H3. The van der Waals surface area contributed by atoms with Gasteiger partial charge in [-0.1, -0.05) is 13.8 Å². The highest BCUT2D eigenvalue weighted by Crippen LogP contribution is 2.18. The van der Waals surface area contributed by atoms with E-state index in [1.165, 1.54) is 0 Å². The predicted molar refractivity (Wildman–Crippen MR) is 89.4 cm³/mol. The monoisotopic (exact) mass is 342 g/mol. The zero-order chi connectivity index (χ0) is 17.3. The summed E-state index contributed by atoms with van der Waals surface area (Å²) in [4.78, 5) is 17.1. The normalized spacial score (nSPS) is 15.5. The summed E-state index contributed by atoms with van der Waals surface area (Å²) < 4.78 is 26.2. The van der Waals surface area contributed by atoms with E-state index in [-0.39, 0.29) is 30.1 Å². The number of aliphatic hydroxyl groups excluding tert-OH is 1. The fraction of sp³-hybridized carbons (Fsp3) is 0.750. The van der Waals surface area contributed by atoms with Crippen LogP contribution in [0.4, 0.5) is 0 Å². The first-order valence-electron chi connectivity index (χ1n) is 8.06. The van der Waals surface area contributed by atoms with Crippen molar-refractivity contribution < 1.29 is 13.5 Å². The minimum atomic E-state index is -3.34. The maximum atomic E-state index is 12.6. The molecule has 7 heteroatoms. The van der Waals surface area contributed by atoms with Gasteiger partial charge in [0.2, 0.25) is 0 Å². The molecule has 0 saturated carbocycles. The zero-order valence-electron chi connectivity index (χ0n) is 14.1. The second-order valence-corrected chi connectivity index (χ2v) is 9.35. The number of aromatic nitrogens is 2. The maximum Gasteiger partial charge on any atom is 0.256 e. The van der Waals surface area contributed by atoms with Crippen LogP contribution in [0.25, 0.3) is 0 Å². The zero-order valence-corrected chi connectivity index (χ0v) is 14.9. The largest absolute Gasteiger partial charge is 0.396 e. The molecule has 1 aliphatic rings. The van der Waals surface area contributed by atoms with Gasteiger partial charge in [-0.05, 0) is 26.2 Å². The second-order valence-electron chi connectivity index (χ2n) is 7.17. The molecule has 2 heterocycles. The first-order chi connectivity index (χ1) is 10.7. The molecule has 0 amide bonds. The molecule has 1 aliphatic heterocycles. The molecule has 1 aromatic heterocycles. The number of hydrogen-bond donors (Lipinski definition) is 1. The Kier molecular flexibility index (Phi) is 5.30. The van der Waals surface area contributed by atoms with Gasteiger partial charge in [0.05, 0.1) is 11.5 Å². The number of sulfone groups is 1. The molecule has 1 aromatic rings. The highest BCUT2D eigenvalue weighted by atomic mass is 32.2. The number of aliphatic hydroxyl groups is 1. The lowest BCUT2D eigenvalue weighted by Crippen LogP contribution is -2.34. The Morgan fingerprint density at radius 1 is 1.30 bits per heavy atom. The van der Waals surface area contributed by atoms with Crippen LogP contribution in [-0.4, -0.2) is 41.2 Å². The van der Waals surface area contributed by atoms with E-state index in [4.69, 9.17) is 0 Å². The minimum absolute atomic E-state index is 0.0880. The van der Waals surface area contributed by atoms with E-state index in [1.54, 1.807) is 25.3 Å². The summed E-state index contributed by atoms with van der Waals surface area (Å²) in [6, 6.07) is 0. The molecule has 0 radical (unpaired) electrons. The Hall–Kier alpha value is -1.21. The lowest BCUT2D eigenvalue weighted by Gasteiger charge is -2.22. The summed E-state index contributed by atoms with van der Waals surface area (Å²) in [5, 5.41) is 9.24. The molecule has 0 unspecified atom stereocenters. The van der Waals surface area contributed by atoms with Crippen LogP contribution in [0.3, 0.4) is 0 Å². The summed E-state index contributed by atoms with van der Waals surface area (Å²) in [6.45, 7) is 5.68. The van der Waals surface area contributed by atoms with Crippen molar-refractivity contribution in [2.45, 2.75) is 53.0 Å². The quantitative estimate of drug-likeness (QED) is 0.828. The van der Waals surface area contributed by atoms with Gasteiger partial charge in [-0.3, -0.25) is 9.36 Å². The highest BCUT2D eigenvalue weighted by molar-refractivity contribution is 7.91. The van der Waals surface area contributed by atoms with Crippen molar-refractivity contribution in [3.05, 3.63) is 27.4 Å². The van der Waals surface area contributed by atoms with Gasteiger partial charge in [0.25, 0.3) is 5.56 Å². The Morgan fingerprint density at radius 2 is 2.00 bits per heavy atom. The number of fused-ring (bicyclic) bond motifs is 1. The lowest BCUT2D eigenvalue weighted by atomic mass is 9.98. The third-order valence-electron chi connectivity index (χ3n) is 4.28. The van der Waals surface area contributed by atoms with Crippen molar-refractivity contribution in [1.82, 2.24) is 9.55 Å². The van der Waals surface area contributed by atoms with Crippen LogP contribution < -0.4 is 5.56 Å². The molecule has 0 bridgehead atoms. The number of hydrogen-bond acceptors (Lipinski definition) is 5. The molecule has 130 valence electrons. The van der Waals surface area contributed by atoms with Crippen LogP contribution in [0.5, 0.6) is 0 Å². The Balaban J connectivity index is 2.20. The van der Waals surface area contributed by atoms with Crippen molar-refractivity contribution in [2.24, 2.45) is 5.41 Å². The Morgan fingerprint density at radius 3 is 2.65 bits per heavy atom. The molecule has 0 saturated heterocycles. The van der Waals surface area contributed by atoms with Crippen molar-refractivity contribution >= 4 is 9.84 Å². The van der Waals surface area contributed by atoms with Gasteiger partial charge in [-0.2, -0.15) is 0 Å². The molecule has 0 spiro atoms. The molecule has 1 N–H and O–H groups in total. The molecule has 6 nitrogen and oxygen atoms in total. The summed E-state index contributed by atoms with van der Waals surface area (Å²) in [5.41, 5.74) is 0.376. The van der Waals surface area contributed by atoms with Gasteiger partial charge < -0.3 is 5.11 Å². The lowest BCUT2D eigenvalue weighted by molar-refractivity contribution is 0.179. The van der Waals surface area contributed by atoms with Crippen LogP contribution in [0.15, 0.2) is 4.79 Å². The smallest absolute Gasteiger partial charge is 0.256 e. The van der Waals surface area contributed by atoms with Crippen molar-refractivity contribution in [3.63, 3.8) is 0 Å². The van der Waals surface area contributed by atoms with E-state index in [1.807, 2.05) is 0 Å². The van der Waals surface area contributed by atoms with Crippen molar-refractivity contribution in [2.75, 3.05) is 18.1 Å². The van der Waals surface area contributed by atoms with Crippen LogP contribution >= 0.6 is 0 Å². The van der Waals surface area contributed by atoms with Crippen molar-refractivity contribution in [1.29, 1.82) is 0 Å². The molecular weight excluding hydrogens is 316 g/mol. The van der Waals surface area contributed by atoms with E-state index < -0.39 is 15.3 Å². The first-order valence-corrected chi connectivity index (χ1v) is 9.88. The average molecular weight is 342 g/mol. The molecule has 0 aliphatic carbocycles. The maximum absolute atomic E-state index is 12.6. The number of rotatable bonds is 6. The summed E-state index contributed by atoms with van der Waals surface area (Å²) in [6.07, 6.45) is 2.98. The third kappa shape index (κ3) is 4.41. The fourth-order valence-corrected chi connectivity index (χ4v) is 4.93. The SMILES string of the molecule is Cc1nc2n(c(=O)c1CCS(=O)(=O)CC(C)(C)CO)CCCC2. The fourth-order valence-electron chi connectivity index (χ4n) is 2.99. The molecule has 0 atom stereocenters. The summed E-state index contributed by atoms with van der Waals surface area (Å²) in [7, 11) is -3.34. The Bertz CT molecular complexity index is 735. The number of aryl methyl sites for hydroxylation is 2. The van der Waals surface area contributed by atoms with Crippen LogP contribution in [-0.2, 0) is 29.2 Å². The first kappa shape index (κ1) is 18.1. The topological polar surface area (TPSA) is 89.3 Å². The second kappa shape index (κ2) is 6.73. The molecular formula is C16H26N2O4S. The van der Waals surface area contributed by atoms with E-state index >= 15 is 0 Å². The van der Waals surface area contributed by atoms with Gasteiger partial charge in [-0.25, -0.2) is 13.4 Å². The number of nitrogens with zero attached hydrogens (tertiary/aromatic N) is 2. The van der Waals surface area contributed by atoms with E-state index in [2.05, 4.69) is 4.98 Å². The van der Waals surface area contributed by atoms with Gasteiger partial charge >= 0.3 is 0 Å². The predicted octanol–water partition coefficient (Wildman–Crippen LogP) is 0.864. The minimum Gasteiger partial charge on any atom is -0.396 e. The average Bonchev–Trinajstić information content (AvgIpc) is 2.46. The Labute approximate surface area is 137 Å². The molecule has 23 heavy (non-hydrogen) atoms. The summed E-state index contributed by atoms with van der Waals surface area (Å²) >= 11 is 0. The third-order valence-corrected chi connectivity index (χ3v) is 6.33. The summed E-state index contributed by atoms with van der Waals surface area (Å²) in [5.74, 6) is 0.634. The van der Waals surface area contributed by atoms with Gasteiger partial charge in [0.15, 0.2) is 9.84 Å². The van der Waals surface area contributed by atoms with E-state index in [9.17, 15) is 18.3 Å². The molecule has 2 rings (SSSR count). The van der Waals surface area contributed by atoms with Gasteiger partial charge in [-0.15, -0.1) is 0 Å². The van der Waals surface area contributed by atoms with Crippen LogP contribution in [0, 0.1) is 12.3 Å². The highest BCUT2D eigenvalue weighted by Gasteiger charge is 2.26. The molecule has 0 fully saturated rings. The molecule has 0 aromatic carbocycles. The van der Waals surface area contributed by atoms with Crippen molar-refractivity contribution in [3.8, 4) is 0 Å². The van der Waals surface area contributed by atoms with Gasteiger partial charge in [0.1, 0.15) is 5.82 Å². The van der Waals surface area contributed by atoms with Crippen LogP contribution in [0.1, 0.15) is 43.8 Å². The van der Waals surface area contributed by atoms with E-state index in [0.29, 0.717) is 17.8 Å². The van der Waals surface area contributed by atoms with E-state index in [0.717, 1.165) is 25.1 Å².